The number of carbonyl (C=O) groups excluding carboxylic acids is 1. The highest BCUT2D eigenvalue weighted by Crippen LogP contribution is 2.29. The molecule has 0 unspecified atom stereocenters. The highest BCUT2D eigenvalue weighted by Gasteiger charge is 2.38. The number of hydrogen-bond acceptors (Lipinski definition) is 3. The van der Waals surface area contributed by atoms with E-state index >= 15 is 0 Å². The van der Waals surface area contributed by atoms with E-state index in [4.69, 9.17) is 10.5 Å². The van der Waals surface area contributed by atoms with Crippen LogP contribution >= 0.6 is 12.4 Å². The van der Waals surface area contributed by atoms with Gasteiger partial charge in [0, 0.05) is 13.6 Å². The number of hydrogen-bond donors (Lipinski definition) is 1. The Balaban J connectivity index is 0.00000200. The first-order chi connectivity index (χ1) is 9.05. The quantitative estimate of drug-likeness (QED) is 0.928. The molecule has 0 aliphatic heterocycles. The predicted octanol–water partition coefficient (Wildman–Crippen LogP) is 2.35. The van der Waals surface area contributed by atoms with Crippen LogP contribution in [-0.4, -0.2) is 30.5 Å². The molecule has 0 heterocycles. The molecule has 112 valence electrons. The van der Waals surface area contributed by atoms with E-state index in [2.05, 4.69) is 0 Å². The van der Waals surface area contributed by atoms with E-state index in [-0.39, 0.29) is 18.3 Å². The molecule has 0 bridgehead atoms. The van der Waals surface area contributed by atoms with Gasteiger partial charge in [-0.3, -0.25) is 4.79 Å². The van der Waals surface area contributed by atoms with Crippen molar-refractivity contribution in [2.75, 3.05) is 14.2 Å². The zero-order valence-electron chi connectivity index (χ0n) is 12.1. The van der Waals surface area contributed by atoms with Gasteiger partial charge in [-0.05, 0) is 30.5 Å². The number of nitrogens with zero attached hydrogens (tertiary/aromatic N) is 1. The van der Waals surface area contributed by atoms with Crippen molar-refractivity contribution in [2.45, 2.75) is 37.8 Å². The van der Waals surface area contributed by atoms with Gasteiger partial charge < -0.3 is 15.4 Å². The first kappa shape index (κ1) is 16.8. The van der Waals surface area contributed by atoms with Crippen LogP contribution in [0.15, 0.2) is 24.3 Å². The number of nitrogens with two attached hydrogens (primary N) is 1. The van der Waals surface area contributed by atoms with Crippen LogP contribution in [0.2, 0.25) is 0 Å². The normalized spacial score (nSPS) is 16.4. The molecule has 4 nitrogen and oxygen atoms in total. The first-order valence-corrected chi connectivity index (χ1v) is 6.72. The lowest BCUT2D eigenvalue weighted by molar-refractivity contribution is -0.136. The zero-order chi connectivity index (χ0) is 13.9. The molecule has 20 heavy (non-hydrogen) atoms. The number of ether oxygens (including phenoxy) is 1. The molecule has 2 rings (SSSR count). The van der Waals surface area contributed by atoms with Crippen LogP contribution in [0.3, 0.4) is 0 Å². The average molecular weight is 299 g/mol. The molecule has 1 fully saturated rings. The van der Waals surface area contributed by atoms with Gasteiger partial charge in [-0.2, -0.15) is 0 Å². The van der Waals surface area contributed by atoms with Crippen LogP contribution in [0.25, 0.3) is 0 Å². The molecule has 0 saturated heterocycles. The SMILES string of the molecule is COc1ccc(CN(C)C(=O)C2(N)CCCC2)cc1.Cl. The minimum Gasteiger partial charge on any atom is -0.497 e. The van der Waals surface area contributed by atoms with E-state index in [0.717, 1.165) is 37.0 Å². The largest absolute Gasteiger partial charge is 0.497 e. The van der Waals surface area contributed by atoms with E-state index in [1.54, 1.807) is 12.0 Å². The monoisotopic (exact) mass is 298 g/mol. The molecule has 0 radical (unpaired) electrons. The van der Waals surface area contributed by atoms with Crippen LogP contribution in [0.1, 0.15) is 31.2 Å². The van der Waals surface area contributed by atoms with E-state index in [0.29, 0.717) is 6.54 Å². The van der Waals surface area contributed by atoms with Crippen molar-refractivity contribution in [1.29, 1.82) is 0 Å². The fraction of sp³-hybridized carbons (Fsp3) is 0.533. The van der Waals surface area contributed by atoms with Crippen LogP contribution in [0, 0.1) is 0 Å². The molecule has 1 aromatic carbocycles. The van der Waals surface area contributed by atoms with Gasteiger partial charge in [-0.15, -0.1) is 12.4 Å². The molecule has 1 amide bonds. The number of benzene rings is 1. The Kier molecular flexibility index (Phi) is 5.84. The fourth-order valence-corrected chi connectivity index (χ4v) is 2.68. The number of methoxy groups -OCH3 is 1. The smallest absolute Gasteiger partial charge is 0.242 e. The van der Waals surface area contributed by atoms with Crippen molar-refractivity contribution in [3.05, 3.63) is 29.8 Å². The van der Waals surface area contributed by atoms with Gasteiger partial charge >= 0.3 is 0 Å². The minimum atomic E-state index is -0.638. The zero-order valence-corrected chi connectivity index (χ0v) is 12.9. The van der Waals surface area contributed by atoms with Crippen molar-refractivity contribution >= 4 is 18.3 Å². The summed E-state index contributed by atoms with van der Waals surface area (Å²) < 4.78 is 5.12. The lowest BCUT2D eigenvalue weighted by Crippen LogP contribution is -2.52. The number of rotatable bonds is 4. The third kappa shape index (κ3) is 3.64. The van der Waals surface area contributed by atoms with Gasteiger partial charge in [0.05, 0.1) is 12.6 Å². The summed E-state index contributed by atoms with van der Waals surface area (Å²) in [4.78, 5) is 14.1. The summed E-state index contributed by atoms with van der Waals surface area (Å²) in [6.07, 6.45) is 3.72. The molecular weight excluding hydrogens is 276 g/mol. The summed E-state index contributed by atoms with van der Waals surface area (Å²) in [5.41, 5.74) is 6.64. The lowest BCUT2D eigenvalue weighted by atomic mass is 9.97. The Bertz CT molecular complexity index is 442. The highest BCUT2D eigenvalue weighted by atomic mass is 35.5. The van der Waals surface area contributed by atoms with E-state index < -0.39 is 5.54 Å². The molecule has 2 N–H and O–H groups in total. The van der Waals surface area contributed by atoms with Gasteiger partial charge in [0.1, 0.15) is 5.75 Å². The Morgan fingerprint density at radius 3 is 2.35 bits per heavy atom. The maximum Gasteiger partial charge on any atom is 0.242 e. The van der Waals surface area contributed by atoms with Crippen LogP contribution in [-0.2, 0) is 11.3 Å². The lowest BCUT2D eigenvalue weighted by Gasteiger charge is -2.28. The van der Waals surface area contributed by atoms with E-state index in [9.17, 15) is 4.79 Å². The molecular formula is C15H23ClN2O2. The maximum absolute atomic E-state index is 12.4. The summed E-state index contributed by atoms with van der Waals surface area (Å²) in [5, 5.41) is 0. The molecule has 0 aromatic heterocycles. The topological polar surface area (TPSA) is 55.6 Å². The highest BCUT2D eigenvalue weighted by molar-refractivity contribution is 5.86. The van der Waals surface area contributed by atoms with Gasteiger partial charge in [0.15, 0.2) is 0 Å². The molecule has 0 spiro atoms. The first-order valence-electron chi connectivity index (χ1n) is 6.72. The standard InChI is InChI=1S/C15H22N2O2.ClH/c1-17(14(18)15(16)9-3-4-10-15)11-12-5-7-13(19-2)8-6-12;/h5-8H,3-4,9-11,16H2,1-2H3;1H. The molecule has 1 aromatic rings. The summed E-state index contributed by atoms with van der Waals surface area (Å²) in [6.45, 7) is 0.585. The third-order valence-electron chi connectivity index (χ3n) is 3.85. The van der Waals surface area contributed by atoms with Crippen LogP contribution in [0.5, 0.6) is 5.75 Å². The van der Waals surface area contributed by atoms with Crippen LogP contribution in [0.4, 0.5) is 0 Å². The van der Waals surface area contributed by atoms with Gasteiger partial charge in [0.2, 0.25) is 5.91 Å². The van der Waals surface area contributed by atoms with E-state index in [1.165, 1.54) is 0 Å². The van der Waals surface area contributed by atoms with Gasteiger partial charge in [-0.1, -0.05) is 25.0 Å². The molecule has 1 saturated carbocycles. The molecule has 5 heteroatoms. The van der Waals surface area contributed by atoms with Crippen molar-refractivity contribution in [1.82, 2.24) is 4.90 Å². The molecule has 1 aliphatic rings. The van der Waals surface area contributed by atoms with Crippen molar-refractivity contribution in [2.24, 2.45) is 5.73 Å². The minimum absolute atomic E-state index is 0. The Morgan fingerprint density at radius 2 is 1.85 bits per heavy atom. The van der Waals surface area contributed by atoms with Crippen molar-refractivity contribution in [3.63, 3.8) is 0 Å². The number of amides is 1. The van der Waals surface area contributed by atoms with Crippen LogP contribution < -0.4 is 10.5 Å². The van der Waals surface area contributed by atoms with Crippen molar-refractivity contribution in [3.8, 4) is 5.75 Å². The number of halogens is 1. The Morgan fingerprint density at radius 1 is 1.30 bits per heavy atom. The maximum atomic E-state index is 12.4. The Labute approximate surface area is 126 Å². The van der Waals surface area contributed by atoms with Gasteiger partial charge in [0.25, 0.3) is 0 Å². The number of likely N-dealkylation sites (N-methyl/N-ethyl adjacent to an activating group) is 1. The number of carbonyl (C=O) groups is 1. The Hall–Kier alpha value is -1.26. The summed E-state index contributed by atoms with van der Waals surface area (Å²) >= 11 is 0. The second kappa shape index (κ2) is 6.95. The summed E-state index contributed by atoms with van der Waals surface area (Å²) in [5.74, 6) is 0.879. The van der Waals surface area contributed by atoms with E-state index in [1.807, 2.05) is 31.3 Å². The summed E-state index contributed by atoms with van der Waals surface area (Å²) in [7, 11) is 3.46. The second-order valence-electron chi connectivity index (χ2n) is 5.37. The predicted molar refractivity (Wildman–Crippen MR) is 82.1 cm³/mol. The molecule has 1 aliphatic carbocycles. The summed E-state index contributed by atoms with van der Waals surface area (Å²) in [6, 6.07) is 7.75. The third-order valence-corrected chi connectivity index (χ3v) is 3.85. The fourth-order valence-electron chi connectivity index (χ4n) is 2.68. The van der Waals surface area contributed by atoms with Gasteiger partial charge in [-0.25, -0.2) is 0 Å². The molecule has 0 atom stereocenters. The average Bonchev–Trinajstić information content (AvgIpc) is 2.87. The second-order valence-corrected chi connectivity index (χ2v) is 5.37. The van der Waals surface area contributed by atoms with Crippen molar-refractivity contribution < 1.29 is 9.53 Å².